The number of piperidine rings is 1. The van der Waals surface area contributed by atoms with Crippen LogP contribution in [0.5, 0.6) is 5.75 Å². The Kier molecular flexibility index (Phi) is 8.87. The summed E-state index contributed by atoms with van der Waals surface area (Å²) in [5.41, 5.74) is 9.48. The van der Waals surface area contributed by atoms with Crippen molar-refractivity contribution in [1.82, 2.24) is 20.7 Å². The number of thiocarbonyl (C=S) groups is 2. The molecular formula is C18H29N5OS2. The second-order valence-corrected chi connectivity index (χ2v) is 7.28. The zero-order valence-electron chi connectivity index (χ0n) is 15.4. The van der Waals surface area contributed by atoms with Crippen LogP contribution in [0.2, 0.25) is 0 Å². The van der Waals surface area contributed by atoms with Crippen molar-refractivity contribution in [3.05, 3.63) is 29.8 Å². The summed E-state index contributed by atoms with van der Waals surface area (Å²) < 4.78 is 5.87. The minimum Gasteiger partial charge on any atom is -0.494 e. The lowest BCUT2D eigenvalue weighted by Crippen LogP contribution is -2.50. The van der Waals surface area contributed by atoms with Crippen molar-refractivity contribution in [2.45, 2.75) is 32.2 Å². The van der Waals surface area contributed by atoms with Gasteiger partial charge in [0.2, 0.25) is 0 Å². The molecule has 144 valence electrons. The van der Waals surface area contributed by atoms with Gasteiger partial charge in [-0.3, -0.25) is 15.3 Å². The predicted octanol–water partition coefficient (Wildman–Crippen LogP) is 2.00. The molecule has 4 N–H and O–H groups in total. The van der Waals surface area contributed by atoms with E-state index < -0.39 is 0 Å². The number of ether oxygens (including phenoxy) is 1. The van der Waals surface area contributed by atoms with Gasteiger partial charge in [0.1, 0.15) is 5.75 Å². The first kappa shape index (κ1) is 20.7. The summed E-state index contributed by atoms with van der Waals surface area (Å²) in [4.78, 5) is 2.52. The van der Waals surface area contributed by atoms with E-state index in [0.29, 0.717) is 11.7 Å². The molecule has 26 heavy (non-hydrogen) atoms. The zero-order chi connectivity index (χ0) is 18.8. The Morgan fingerprint density at radius 3 is 2.77 bits per heavy atom. The number of likely N-dealkylation sites (tertiary alicyclic amines) is 1. The van der Waals surface area contributed by atoms with Crippen LogP contribution in [-0.2, 0) is 6.54 Å². The summed E-state index contributed by atoms with van der Waals surface area (Å²) in [5, 5.41) is 5.45. The first-order valence-corrected chi connectivity index (χ1v) is 9.88. The largest absolute Gasteiger partial charge is 0.494 e. The van der Waals surface area contributed by atoms with Crippen molar-refractivity contribution in [2.24, 2.45) is 5.73 Å². The van der Waals surface area contributed by atoms with Gasteiger partial charge in [0.25, 0.3) is 0 Å². The van der Waals surface area contributed by atoms with E-state index in [9.17, 15) is 0 Å². The van der Waals surface area contributed by atoms with Gasteiger partial charge in [-0.05, 0) is 74.5 Å². The van der Waals surface area contributed by atoms with Crippen molar-refractivity contribution < 1.29 is 4.74 Å². The maximum absolute atomic E-state index is 5.87. The summed E-state index contributed by atoms with van der Waals surface area (Å²) in [6.45, 7) is 4.77. The standard InChI is InChI=1S/C18H29N5OS2/c1-22(21-17(19)25)18(26)20-9-6-12-24-16-8-5-7-15(13-16)14-23-10-3-2-4-11-23/h5,7-8,13H,2-4,6,9-12,14H2,1H3,(H,20,26)(H3,19,21,25). The van der Waals surface area contributed by atoms with Gasteiger partial charge >= 0.3 is 0 Å². The summed E-state index contributed by atoms with van der Waals surface area (Å²) in [6, 6.07) is 8.40. The molecule has 1 fully saturated rings. The fourth-order valence-electron chi connectivity index (χ4n) is 2.90. The third-order valence-electron chi connectivity index (χ3n) is 4.20. The fourth-order valence-corrected chi connectivity index (χ4v) is 3.19. The topological polar surface area (TPSA) is 65.8 Å². The highest BCUT2D eigenvalue weighted by Gasteiger charge is 2.10. The fraction of sp³-hybridized carbons (Fsp3) is 0.556. The molecule has 0 aromatic heterocycles. The monoisotopic (exact) mass is 395 g/mol. The Morgan fingerprint density at radius 2 is 2.04 bits per heavy atom. The number of nitrogens with one attached hydrogen (secondary N) is 2. The lowest BCUT2D eigenvalue weighted by Gasteiger charge is -2.26. The third kappa shape index (κ3) is 7.72. The van der Waals surface area contributed by atoms with E-state index in [1.165, 1.54) is 37.9 Å². The molecule has 2 rings (SSSR count). The van der Waals surface area contributed by atoms with E-state index in [4.69, 9.17) is 34.9 Å². The molecule has 1 heterocycles. The van der Waals surface area contributed by atoms with Crippen LogP contribution in [0, 0.1) is 0 Å². The smallest absolute Gasteiger partial charge is 0.187 e. The van der Waals surface area contributed by atoms with E-state index in [0.717, 1.165) is 25.3 Å². The van der Waals surface area contributed by atoms with E-state index in [-0.39, 0.29) is 5.11 Å². The highest BCUT2D eigenvalue weighted by Crippen LogP contribution is 2.17. The molecule has 0 atom stereocenters. The SMILES string of the molecule is CN(NC(N)=S)C(=S)NCCCOc1cccc(CN2CCCCC2)c1. The summed E-state index contributed by atoms with van der Waals surface area (Å²) in [5.74, 6) is 0.925. The van der Waals surface area contributed by atoms with Gasteiger partial charge in [-0.1, -0.05) is 18.6 Å². The predicted molar refractivity (Wildman–Crippen MR) is 114 cm³/mol. The molecule has 8 heteroatoms. The van der Waals surface area contributed by atoms with E-state index in [2.05, 4.69) is 33.8 Å². The molecule has 0 saturated carbocycles. The molecule has 1 aromatic rings. The van der Waals surface area contributed by atoms with Crippen LogP contribution in [0.1, 0.15) is 31.2 Å². The van der Waals surface area contributed by atoms with Crippen molar-refractivity contribution >= 4 is 34.7 Å². The van der Waals surface area contributed by atoms with Crippen molar-refractivity contribution in [2.75, 3.05) is 33.3 Å². The minimum absolute atomic E-state index is 0.185. The van der Waals surface area contributed by atoms with Crippen LogP contribution in [0.15, 0.2) is 24.3 Å². The van der Waals surface area contributed by atoms with Gasteiger partial charge in [0.05, 0.1) is 6.61 Å². The Bertz CT molecular complexity index is 593. The van der Waals surface area contributed by atoms with Crippen LogP contribution in [0.4, 0.5) is 0 Å². The number of benzene rings is 1. The number of hydrogen-bond donors (Lipinski definition) is 3. The lowest BCUT2D eigenvalue weighted by molar-refractivity contribution is 0.220. The average Bonchev–Trinajstić information content (AvgIpc) is 2.62. The highest BCUT2D eigenvalue weighted by molar-refractivity contribution is 7.80. The maximum atomic E-state index is 5.87. The minimum atomic E-state index is 0.185. The summed E-state index contributed by atoms with van der Waals surface area (Å²) in [6.07, 6.45) is 4.83. The van der Waals surface area contributed by atoms with Gasteiger partial charge in [-0.2, -0.15) is 0 Å². The molecule has 0 bridgehead atoms. The van der Waals surface area contributed by atoms with Gasteiger partial charge < -0.3 is 15.8 Å². The number of hydrazine groups is 1. The second-order valence-electron chi connectivity index (χ2n) is 6.45. The molecule has 1 aromatic carbocycles. The average molecular weight is 396 g/mol. The van der Waals surface area contributed by atoms with Gasteiger partial charge in [-0.15, -0.1) is 0 Å². The number of rotatable bonds is 7. The van der Waals surface area contributed by atoms with Crippen LogP contribution >= 0.6 is 24.4 Å². The Labute approximate surface area is 167 Å². The Morgan fingerprint density at radius 1 is 1.27 bits per heavy atom. The van der Waals surface area contributed by atoms with Gasteiger partial charge in [-0.25, -0.2) is 0 Å². The maximum Gasteiger partial charge on any atom is 0.187 e. The third-order valence-corrected chi connectivity index (χ3v) is 4.71. The quantitative estimate of drug-likeness (QED) is 0.368. The number of nitrogens with two attached hydrogens (primary N) is 1. The molecule has 0 aliphatic carbocycles. The van der Waals surface area contributed by atoms with Crippen LogP contribution in [0.25, 0.3) is 0 Å². The molecule has 1 aliphatic heterocycles. The molecule has 0 unspecified atom stereocenters. The lowest BCUT2D eigenvalue weighted by atomic mass is 10.1. The van der Waals surface area contributed by atoms with Crippen molar-refractivity contribution in [1.29, 1.82) is 0 Å². The molecule has 1 aliphatic rings. The number of nitrogens with zero attached hydrogens (tertiary/aromatic N) is 2. The molecule has 1 saturated heterocycles. The highest BCUT2D eigenvalue weighted by atomic mass is 32.1. The molecule has 0 amide bonds. The van der Waals surface area contributed by atoms with Gasteiger partial charge in [0, 0.05) is 20.1 Å². The molecule has 6 nitrogen and oxygen atoms in total. The number of hydrogen-bond acceptors (Lipinski definition) is 4. The van der Waals surface area contributed by atoms with Gasteiger partial charge in [0.15, 0.2) is 10.2 Å². The zero-order valence-corrected chi connectivity index (χ0v) is 17.0. The van der Waals surface area contributed by atoms with Crippen LogP contribution in [0.3, 0.4) is 0 Å². The second kappa shape index (κ2) is 11.2. The van der Waals surface area contributed by atoms with E-state index in [1.54, 1.807) is 12.1 Å². The first-order valence-electron chi connectivity index (χ1n) is 9.06. The Balaban J connectivity index is 1.65. The van der Waals surface area contributed by atoms with E-state index >= 15 is 0 Å². The van der Waals surface area contributed by atoms with E-state index in [1.807, 2.05) is 6.07 Å². The van der Waals surface area contributed by atoms with Crippen molar-refractivity contribution in [3.8, 4) is 5.75 Å². The summed E-state index contributed by atoms with van der Waals surface area (Å²) in [7, 11) is 1.76. The molecular weight excluding hydrogens is 366 g/mol. The van der Waals surface area contributed by atoms with Crippen LogP contribution < -0.4 is 21.2 Å². The molecule has 0 radical (unpaired) electrons. The van der Waals surface area contributed by atoms with Crippen molar-refractivity contribution in [3.63, 3.8) is 0 Å². The normalized spacial score (nSPS) is 14.5. The molecule has 0 spiro atoms. The van der Waals surface area contributed by atoms with Crippen LogP contribution in [-0.4, -0.2) is 53.4 Å². The Hall–Kier alpha value is -1.64. The summed E-state index contributed by atoms with van der Waals surface area (Å²) >= 11 is 10.0. The first-order chi connectivity index (χ1) is 12.5.